The van der Waals surface area contributed by atoms with E-state index in [-0.39, 0.29) is 18.2 Å². The summed E-state index contributed by atoms with van der Waals surface area (Å²) in [5.74, 6) is 0.525. The van der Waals surface area contributed by atoms with E-state index < -0.39 is 0 Å². The predicted octanol–water partition coefficient (Wildman–Crippen LogP) is 3.81. The van der Waals surface area contributed by atoms with E-state index in [0.717, 1.165) is 16.9 Å². The molecule has 1 aliphatic rings. The molecule has 1 unspecified atom stereocenters. The second-order valence-electron chi connectivity index (χ2n) is 4.89. The van der Waals surface area contributed by atoms with Crippen LogP contribution in [0.15, 0.2) is 54.6 Å². The molecule has 0 fully saturated rings. The third-order valence-electron chi connectivity index (χ3n) is 3.44. The van der Waals surface area contributed by atoms with E-state index in [2.05, 4.69) is 0 Å². The Bertz CT molecular complexity index is 607. The first kappa shape index (κ1) is 12.7. The molecule has 0 bridgehead atoms. The summed E-state index contributed by atoms with van der Waals surface area (Å²) in [4.78, 5) is 11.3. The molecule has 0 aliphatic carbocycles. The Labute approximate surface area is 118 Å². The van der Waals surface area contributed by atoms with Gasteiger partial charge in [-0.2, -0.15) is 0 Å². The highest BCUT2D eigenvalue weighted by atomic mass is 16.6. The first-order valence-corrected chi connectivity index (χ1v) is 6.72. The molecule has 3 rings (SSSR count). The SMILES string of the molecule is CC(=O)O[C@H]1CC(c2ccccc2)Oc2ccccc21. The van der Waals surface area contributed by atoms with E-state index in [1.165, 1.54) is 6.92 Å². The van der Waals surface area contributed by atoms with Crippen molar-refractivity contribution in [1.29, 1.82) is 0 Å². The van der Waals surface area contributed by atoms with Gasteiger partial charge in [0.05, 0.1) is 0 Å². The zero-order valence-corrected chi connectivity index (χ0v) is 11.3. The van der Waals surface area contributed by atoms with Crippen LogP contribution in [0.2, 0.25) is 0 Å². The van der Waals surface area contributed by atoms with Gasteiger partial charge >= 0.3 is 5.97 Å². The molecule has 2 aromatic rings. The van der Waals surface area contributed by atoms with E-state index >= 15 is 0 Å². The van der Waals surface area contributed by atoms with Gasteiger partial charge in [0, 0.05) is 18.9 Å². The van der Waals surface area contributed by atoms with Crippen molar-refractivity contribution in [2.75, 3.05) is 0 Å². The van der Waals surface area contributed by atoms with Crippen LogP contribution in [0.4, 0.5) is 0 Å². The van der Waals surface area contributed by atoms with E-state index in [1.54, 1.807) is 0 Å². The summed E-state index contributed by atoms with van der Waals surface area (Å²) in [5.41, 5.74) is 2.04. The lowest BCUT2D eigenvalue weighted by Gasteiger charge is -2.31. The van der Waals surface area contributed by atoms with Crippen molar-refractivity contribution in [2.45, 2.75) is 25.6 Å². The van der Waals surface area contributed by atoms with Gasteiger partial charge in [0.15, 0.2) is 0 Å². The lowest BCUT2D eigenvalue weighted by molar-refractivity contribution is -0.149. The second-order valence-corrected chi connectivity index (χ2v) is 4.89. The molecule has 0 saturated heterocycles. The van der Waals surface area contributed by atoms with Crippen molar-refractivity contribution in [2.24, 2.45) is 0 Å². The standard InChI is InChI=1S/C17H16O3/c1-12(18)19-17-11-16(13-7-3-2-4-8-13)20-15-10-6-5-9-14(15)17/h2-10,16-17H,11H2,1H3/t16?,17-/m0/s1. The fraction of sp³-hybridized carbons (Fsp3) is 0.235. The van der Waals surface area contributed by atoms with Gasteiger partial charge in [-0.25, -0.2) is 0 Å². The predicted molar refractivity (Wildman–Crippen MR) is 75.4 cm³/mol. The van der Waals surface area contributed by atoms with Crippen molar-refractivity contribution in [1.82, 2.24) is 0 Å². The van der Waals surface area contributed by atoms with Crippen LogP contribution < -0.4 is 4.74 Å². The van der Waals surface area contributed by atoms with E-state index in [9.17, 15) is 4.79 Å². The Kier molecular flexibility index (Phi) is 3.42. The highest BCUT2D eigenvalue weighted by Crippen LogP contribution is 2.42. The molecular formula is C17H16O3. The molecule has 0 N–H and O–H groups in total. The van der Waals surface area contributed by atoms with Crippen molar-refractivity contribution in [3.05, 3.63) is 65.7 Å². The number of ether oxygens (including phenoxy) is 2. The van der Waals surface area contributed by atoms with Crippen LogP contribution in [0.3, 0.4) is 0 Å². The number of esters is 1. The monoisotopic (exact) mass is 268 g/mol. The fourth-order valence-corrected chi connectivity index (χ4v) is 2.56. The first-order chi connectivity index (χ1) is 9.74. The molecule has 1 heterocycles. The average Bonchev–Trinajstić information content (AvgIpc) is 2.47. The minimum absolute atomic E-state index is 0.0875. The molecule has 0 amide bonds. The molecule has 102 valence electrons. The molecule has 3 heteroatoms. The minimum Gasteiger partial charge on any atom is -0.485 e. The summed E-state index contributed by atoms with van der Waals surface area (Å²) in [6, 6.07) is 17.7. The summed E-state index contributed by atoms with van der Waals surface area (Å²) in [6.45, 7) is 1.44. The van der Waals surface area contributed by atoms with Crippen LogP contribution >= 0.6 is 0 Å². The minimum atomic E-state index is -0.265. The van der Waals surface area contributed by atoms with Gasteiger partial charge < -0.3 is 9.47 Å². The Hall–Kier alpha value is -2.29. The summed E-state index contributed by atoms with van der Waals surface area (Å²) >= 11 is 0. The number of para-hydroxylation sites is 1. The van der Waals surface area contributed by atoms with Crippen LogP contribution in [0.25, 0.3) is 0 Å². The molecule has 1 aliphatic heterocycles. The maximum Gasteiger partial charge on any atom is 0.303 e. The molecular weight excluding hydrogens is 252 g/mol. The number of carbonyl (C=O) groups is 1. The van der Waals surface area contributed by atoms with Crippen LogP contribution in [-0.4, -0.2) is 5.97 Å². The number of hydrogen-bond acceptors (Lipinski definition) is 3. The average molecular weight is 268 g/mol. The highest BCUT2D eigenvalue weighted by molar-refractivity contribution is 5.66. The summed E-state index contributed by atoms with van der Waals surface area (Å²) < 4.78 is 11.5. The smallest absolute Gasteiger partial charge is 0.303 e. The quantitative estimate of drug-likeness (QED) is 0.777. The van der Waals surface area contributed by atoms with E-state index in [0.29, 0.717) is 6.42 Å². The second kappa shape index (κ2) is 5.37. The number of hydrogen-bond donors (Lipinski definition) is 0. The Morgan fingerprint density at radius 3 is 2.55 bits per heavy atom. The van der Waals surface area contributed by atoms with E-state index in [1.807, 2.05) is 54.6 Å². The van der Waals surface area contributed by atoms with Crippen LogP contribution in [0.1, 0.15) is 36.7 Å². The van der Waals surface area contributed by atoms with Gasteiger partial charge in [0.1, 0.15) is 18.0 Å². The summed E-state index contributed by atoms with van der Waals surface area (Å²) in [6.07, 6.45) is 0.304. The van der Waals surface area contributed by atoms with Crippen LogP contribution in [0.5, 0.6) is 5.75 Å². The fourth-order valence-electron chi connectivity index (χ4n) is 2.56. The topological polar surface area (TPSA) is 35.5 Å². The molecule has 0 saturated carbocycles. The van der Waals surface area contributed by atoms with E-state index in [4.69, 9.17) is 9.47 Å². The third kappa shape index (κ3) is 2.52. The van der Waals surface area contributed by atoms with Gasteiger partial charge in [-0.15, -0.1) is 0 Å². The number of rotatable bonds is 2. The first-order valence-electron chi connectivity index (χ1n) is 6.72. The highest BCUT2D eigenvalue weighted by Gasteiger charge is 2.30. The number of benzene rings is 2. The molecule has 0 radical (unpaired) electrons. The Balaban J connectivity index is 1.94. The van der Waals surface area contributed by atoms with Gasteiger partial charge in [0.25, 0.3) is 0 Å². The lowest BCUT2D eigenvalue weighted by Crippen LogP contribution is -2.22. The van der Waals surface area contributed by atoms with Gasteiger partial charge in [-0.3, -0.25) is 4.79 Å². The van der Waals surface area contributed by atoms with Gasteiger partial charge in [0.2, 0.25) is 0 Å². The largest absolute Gasteiger partial charge is 0.485 e. The van der Waals surface area contributed by atoms with Crippen molar-refractivity contribution in [3.8, 4) is 5.75 Å². The number of carbonyl (C=O) groups excluding carboxylic acids is 1. The zero-order chi connectivity index (χ0) is 13.9. The molecule has 2 aromatic carbocycles. The Morgan fingerprint density at radius 2 is 1.80 bits per heavy atom. The molecule has 0 aromatic heterocycles. The molecule has 0 spiro atoms. The normalized spacial score (nSPS) is 20.6. The maximum absolute atomic E-state index is 11.3. The summed E-state index contributed by atoms with van der Waals surface area (Å²) in [5, 5.41) is 0. The maximum atomic E-state index is 11.3. The molecule has 2 atom stereocenters. The number of fused-ring (bicyclic) bond motifs is 1. The van der Waals surface area contributed by atoms with Crippen molar-refractivity contribution < 1.29 is 14.3 Å². The van der Waals surface area contributed by atoms with Crippen LogP contribution in [-0.2, 0) is 9.53 Å². The van der Waals surface area contributed by atoms with Crippen LogP contribution in [0, 0.1) is 0 Å². The molecule has 20 heavy (non-hydrogen) atoms. The lowest BCUT2D eigenvalue weighted by atomic mass is 9.95. The van der Waals surface area contributed by atoms with Crippen molar-refractivity contribution in [3.63, 3.8) is 0 Å². The van der Waals surface area contributed by atoms with Crippen molar-refractivity contribution >= 4 is 5.97 Å². The molecule has 3 nitrogen and oxygen atoms in total. The van der Waals surface area contributed by atoms with Gasteiger partial charge in [-0.1, -0.05) is 48.5 Å². The zero-order valence-electron chi connectivity index (χ0n) is 11.3. The van der Waals surface area contributed by atoms with Gasteiger partial charge in [-0.05, 0) is 11.6 Å². The third-order valence-corrected chi connectivity index (χ3v) is 3.44. The summed E-state index contributed by atoms with van der Waals surface area (Å²) in [7, 11) is 0. The Morgan fingerprint density at radius 1 is 1.10 bits per heavy atom.